The van der Waals surface area contributed by atoms with Crippen molar-refractivity contribution in [3.63, 3.8) is 0 Å². The number of allylic oxidation sites excluding steroid dienone is 2. The van der Waals surface area contributed by atoms with E-state index in [9.17, 15) is 0 Å². The van der Waals surface area contributed by atoms with Crippen LogP contribution in [0.15, 0.2) is 29.2 Å². The maximum Gasteiger partial charge on any atom is 0.125 e. The highest BCUT2D eigenvalue weighted by Crippen LogP contribution is 2.26. The SMILES string of the molecule is C=C1N=CC=C(C)N1C(C)(C)C. The molecule has 0 saturated carbocycles. The molecule has 0 aliphatic carbocycles. The molecule has 0 atom stereocenters. The Bertz CT molecular complexity index is 254. The number of hydrogen-bond donors (Lipinski definition) is 0. The first kappa shape index (κ1) is 9.04. The van der Waals surface area contributed by atoms with E-state index < -0.39 is 0 Å². The van der Waals surface area contributed by atoms with Crippen LogP contribution in [0.25, 0.3) is 0 Å². The van der Waals surface area contributed by atoms with Crippen molar-refractivity contribution in [1.82, 2.24) is 4.90 Å². The van der Waals surface area contributed by atoms with Crippen molar-refractivity contribution >= 4 is 6.21 Å². The van der Waals surface area contributed by atoms with Crippen LogP contribution in [0.1, 0.15) is 27.7 Å². The molecule has 0 unspecified atom stereocenters. The molecule has 0 amide bonds. The Balaban J connectivity index is 2.98. The fourth-order valence-electron chi connectivity index (χ4n) is 1.48. The van der Waals surface area contributed by atoms with Crippen molar-refractivity contribution in [2.75, 3.05) is 0 Å². The standard InChI is InChI=1S/C10H16N2/c1-8-6-7-11-9(2)12(8)10(3,4)5/h6-7H,2H2,1,3-5H3. The van der Waals surface area contributed by atoms with Gasteiger partial charge in [0.15, 0.2) is 0 Å². The van der Waals surface area contributed by atoms with Gasteiger partial charge in [-0.15, -0.1) is 0 Å². The first-order valence-electron chi connectivity index (χ1n) is 4.13. The van der Waals surface area contributed by atoms with Crippen LogP contribution < -0.4 is 0 Å². The lowest BCUT2D eigenvalue weighted by Gasteiger charge is -2.38. The molecule has 0 N–H and O–H groups in total. The van der Waals surface area contributed by atoms with Gasteiger partial charge in [0.25, 0.3) is 0 Å². The molecule has 1 heterocycles. The molecule has 1 rings (SSSR count). The second-order valence-corrected chi connectivity index (χ2v) is 4.01. The van der Waals surface area contributed by atoms with Crippen molar-refractivity contribution in [2.45, 2.75) is 33.2 Å². The van der Waals surface area contributed by atoms with E-state index in [-0.39, 0.29) is 5.54 Å². The summed E-state index contributed by atoms with van der Waals surface area (Å²) in [5.74, 6) is 0.822. The zero-order valence-electron chi connectivity index (χ0n) is 8.26. The third-order valence-electron chi connectivity index (χ3n) is 1.82. The second-order valence-electron chi connectivity index (χ2n) is 4.01. The number of hydrogen-bond acceptors (Lipinski definition) is 2. The van der Waals surface area contributed by atoms with E-state index in [2.05, 4.69) is 44.2 Å². The summed E-state index contributed by atoms with van der Waals surface area (Å²) in [6, 6.07) is 0. The van der Waals surface area contributed by atoms with Crippen LogP contribution in [0.5, 0.6) is 0 Å². The Kier molecular flexibility index (Phi) is 2.09. The van der Waals surface area contributed by atoms with Gasteiger partial charge in [0, 0.05) is 17.5 Å². The molecule has 2 heteroatoms. The summed E-state index contributed by atoms with van der Waals surface area (Å²) in [6.45, 7) is 12.4. The summed E-state index contributed by atoms with van der Waals surface area (Å²) >= 11 is 0. The molecule has 0 spiro atoms. The van der Waals surface area contributed by atoms with Crippen LogP contribution in [0.3, 0.4) is 0 Å². The first-order valence-corrected chi connectivity index (χ1v) is 4.13. The van der Waals surface area contributed by atoms with Gasteiger partial charge in [0.05, 0.1) is 0 Å². The van der Waals surface area contributed by atoms with Gasteiger partial charge in [0.2, 0.25) is 0 Å². The van der Waals surface area contributed by atoms with E-state index in [0.29, 0.717) is 0 Å². The molecule has 1 aliphatic rings. The lowest BCUT2D eigenvalue weighted by Crippen LogP contribution is -2.39. The predicted molar refractivity (Wildman–Crippen MR) is 53.0 cm³/mol. The van der Waals surface area contributed by atoms with Crippen LogP contribution in [0.4, 0.5) is 0 Å². The number of nitrogens with zero attached hydrogens (tertiary/aromatic N) is 2. The highest BCUT2D eigenvalue weighted by molar-refractivity contribution is 5.74. The maximum atomic E-state index is 4.16. The summed E-state index contributed by atoms with van der Waals surface area (Å²) in [7, 11) is 0. The van der Waals surface area contributed by atoms with Gasteiger partial charge in [0.1, 0.15) is 5.82 Å². The van der Waals surface area contributed by atoms with Crippen molar-refractivity contribution in [3.05, 3.63) is 24.2 Å². The predicted octanol–water partition coefficient (Wildman–Crippen LogP) is 2.55. The molecule has 0 aromatic carbocycles. The van der Waals surface area contributed by atoms with Gasteiger partial charge in [-0.05, 0) is 33.8 Å². The monoisotopic (exact) mass is 164 g/mol. The summed E-state index contributed by atoms with van der Waals surface area (Å²) in [5.41, 5.74) is 1.26. The van der Waals surface area contributed by atoms with Crippen LogP contribution in [-0.4, -0.2) is 16.7 Å². The average molecular weight is 164 g/mol. The Morgan fingerprint density at radius 2 is 2.00 bits per heavy atom. The zero-order chi connectivity index (χ0) is 9.35. The maximum absolute atomic E-state index is 4.16. The van der Waals surface area contributed by atoms with Crippen molar-refractivity contribution < 1.29 is 0 Å². The molecular weight excluding hydrogens is 148 g/mol. The molecule has 66 valence electrons. The van der Waals surface area contributed by atoms with Gasteiger partial charge in [-0.25, -0.2) is 4.99 Å². The van der Waals surface area contributed by atoms with E-state index >= 15 is 0 Å². The second kappa shape index (κ2) is 2.77. The summed E-state index contributed by atoms with van der Waals surface area (Å²) in [5, 5.41) is 0. The molecule has 2 nitrogen and oxygen atoms in total. The fourth-order valence-corrected chi connectivity index (χ4v) is 1.48. The minimum Gasteiger partial charge on any atom is -0.326 e. The largest absolute Gasteiger partial charge is 0.326 e. The van der Waals surface area contributed by atoms with Gasteiger partial charge >= 0.3 is 0 Å². The van der Waals surface area contributed by atoms with Crippen LogP contribution in [0, 0.1) is 0 Å². The highest BCUT2D eigenvalue weighted by Gasteiger charge is 2.24. The quantitative estimate of drug-likeness (QED) is 0.537. The molecule has 0 aromatic heterocycles. The topological polar surface area (TPSA) is 15.6 Å². The van der Waals surface area contributed by atoms with E-state index in [1.165, 1.54) is 5.70 Å². The lowest BCUT2D eigenvalue weighted by molar-refractivity contribution is 0.235. The van der Waals surface area contributed by atoms with Crippen LogP contribution in [0.2, 0.25) is 0 Å². The summed E-state index contributed by atoms with van der Waals surface area (Å²) in [4.78, 5) is 6.29. The minimum absolute atomic E-state index is 0.0649. The minimum atomic E-state index is 0.0649. The third-order valence-corrected chi connectivity index (χ3v) is 1.82. The Morgan fingerprint density at radius 3 is 2.33 bits per heavy atom. The normalized spacial score (nSPS) is 18.2. The molecule has 0 fully saturated rings. The first-order chi connectivity index (χ1) is 5.43. The molecule has 12 heavy (non-hydrogen) atoms. The molecule has 0 aromatic rings. The van der Waals surface area contributed by atoms with Gasteiger partial charge in [-0.2, -0.15) is 0 Å². The van der Waals surface area contributed by atoms with E-state index in [1.54, 1.807) is 6.21 Å². The van der Waals surface area contributed by atoms with E-state index in [4.69, 9.17) is 0 Å². The van der Waals surface area contributed by atoms with Crippen molar-refractivity contribution in [3.8, 4) is 0 Å². The Morgan fingerprint density at radius 1 is 1.42 bits per heavy atom. The highest BCUT2D eigenvalue weighted by atomic mass is 15.3. The van der Waals surface area contributed by atoms with Crippen molar-refractivity contribution in [2.24, 2.45) is 4.99 Å². The Labute approximate surface area is 74.3 Å². The van der Waals surface area contributed by atoms with Crippen LogP contribution >= 0.6 is 0 Å². The molecule has 1 aliphatic heterocycles. The van der Waals surface area contributed by atoms with Crippen molar-refractivity contribution in [1.29, 1.82) is 0 Å². The molecule has 0 saturated heterocycles. The number of aliphatic imine (C=N–C) groups is 1. The van der Waals surface area contributed by atoms with E-state index in [0.717, 1.165) is 5.82 Å². The van der Waals surface area contributed by atoms with Gasteiger partial charge in [-0.1, -0.05) is 6.58 Å². The number of rotatable bonds is 0. The summed E-state index contributed by atoms with van der Waals surface area (Å²) < 4.78 is 0. The fraction of sp³-hybridized carbons (Fsp3) is 0.500. The van der Waals surface area contributed by atoms with Crippen LogP contribution in [-0.2, 0) is 0 Å². The summed E-state index contributed by atoms with van der Waals surface area (Å²) in [6.07, 6.45) is 3.79. The van der Waals surface area contributed by atoms with E-state index in [1.807, 2.05) is 6.08 Å². The average Bonchev–Trinajstić information content (AvgIpc) is 1.82. The Hall–Kier alpha value is -1.05. The lowest BCUT2D eigenvalue weighted by atomic mass is 10.0. The molecular formula is C10H16N2. The van der Waals surface area contributed by atoms with Gasteiger partial charge < -0.3 is 4.90 Å². The third kappa shape index (κ3) is 1.58. The smallest absolute Gasteiger partial charge is 0.125 e. The zero-order valence-corrected chi connectivity index (χ0v) is 8.26. The van der Waals surface area contributed by atoms with Gasteiger partial charge in [-0.3, -0.25) is 0 Å². The molecule has 0 bridgehead atoms. The molecule has 0 radical (unpaired) electrons.